The van der Waals surface area contributed by atoms with Crippen LogP contribution in [0, 0.1) is 5.82 Å². The first kappa shape index (κ1) is 26.8. The SMILES string of the molecule is COc1c(CN(CC(F)F)C(=O)OC(C)(C)C)cc(N)c(C(=O)c2cc(F)ccc2Cl)c1Br. The van der Waals surface area contributed by atoms with E-state index < -0.39 is 36.3 Å². The van der Waals surface area contributed by atoms with Gasteiger partial charge in [-0.15, -0.1) is 0 Å². The summed E-state index contributed by atoms with van der Waals surface area (Å²) in [5, 5.41) is 0.0174. The highest BCUT2D eigenvalue weighted by Crippen LogP contribution is 2.39. The molecule has 0 fully saturated rings. The van der Waals surface area contributed by atoms with Gasteiger partial charge in [-0.25, -0.2) is 18.0 Å². The van der Waals surface area contributed by atoms with Crippen molar-refractivity contribution in [2.75, 3.05) is 19.4 Å². The zero-order valence-corrected chi connectivity index (χ0v) is 20.7. The van der Waals surface area contributed by atoms with Gasteiger partial charge in [0.15, 0.2) is 5.78 Å². The Morgan fingerprint density at radius 1 is 1.24 bits per heavy atom. The number of amides is 1. The van der Waals surface area contributed by atoms with E-state index in [1.807, 2.05) is 0 Å². The van der Waals surface area contributed by atoms with E-state index in [1.54, 1.807) is 20.8 Å². The second kappa shape index (κ2) is 10.6. The fourth-order valence-electron chi connectivity index (χ4n) is 2.98. The van der Waals surface area contributed by atoms with Crippen LogP contribution in [0.25, 0.3) is 0 Å². The number of ether oxygens (including phenoxy) is 2. The molecule has 0 heterocycles. The molecule has 0 aliphatic rings. The monoisotopic (exact) mass is 550 g/mol. The second-order valence-corrected chi connectivity index (χ2v) is 9.25. The maximum atomic E-state index is 13.7. The highest BCUT2D eigenvalue weighted by molar-refractivity contribution is 9.10. The van der Waals surface area contributed by atoms with E-state index in [-0.39, 0.29) is 44.2 Å². The van der Waals surface area contributed by atoms with Gasteiger partial charge < -0.3 is 15.2 Å². The number of nitrogen functional groups attached to an aromatic ring is 1. The van der Waals surface area contributed by atoms with E-state index in [9.17, 15) is 22.8 Å². The summed E-state index contributed by atoms with van der Waals surface area (Å²) in [4.78, 5) is 26.4. The Morgan fingerprint density at radius 2 is 1.88 bits per heavy atom. The minimum absolute atomic E-state index is 0.0174. The lowest BCUT2D eigenvalue weighted by atomic mass is 9.98. The number of methoxy groups -OCH3 is 1. The molecule has 2 aromatic rings. The van der Waals surface area contributed by atoms with Crippen LogP contribution >= 0.6 is 27.5 Å². The van der Waals surface area contributed by atoms with Crippen molar-refractivity contribution in [2.45, 2.75) is 39.3 Å². The quantitative estimate of drug-likeness (QED) is 0.334. The Bertz CT molecular complexity index is 1060. The Labute approximate surface area is 202 Å². The van der Waals surface area contributed by atoms with Gasteiger partial charge in [-0.2, -0.15) is 0 Å². The number of hydrogen-bond donors (Lipinski definition) is 1. The van der Waals surface area contributed by atoms with E-state index >= 15 is 0 Å². The molecule has 2 aromatic carbocycles. The Balaban J connectivity index is 2.52. The molecule has 11 heteroatoms. The number of carbonyl (C=O) groups excluding carboxylic acids is 2. The van der Waals surface area contributed by atoms with Crippen molar-refractivity contribution in [1.82, 2.24) is 4.90 Å². The maximum absolute atomic E-state index is 13.7. The lowest BCUT2D eigenvalue weighted by Crippen LogP contribution is -2.39. The van der Waals surface area contributed by atoms with E-state index in [0.717, 1.165) is 17.0 Å². The molecule has 6 nitrogen and oxygen atoms in total. The summed E-state index contributed by atoms with van der Waals surface area (Å²) in [5.74, 6) is -1.26. The molecule has 2 N–H and O–H groups in total. The smallest absolute Gasteiger partial charge is 0.410 e. The van der Waals surface area contributed by atoms with Gasteiger partial charge in [0.25, 0.3) is 6.43 Å². The standard InChI is InChI=1S/C22H23BrClF3N2O4/c1-22(2,3)33-21(31)29(10-16(26)27)9-11-7-15(28)17(18(23)20(11)32-4)19(30)13-8-12(25)5-6-14(13)24/h5-8,16H,9-10,28H2,1-4H3. The van der Waals surface area contributed by atoms with Crippen molar-refractivity contribution < 1.29 is 32.2 Å². The minimum atomic E-state index is -2.82. The molecule has 0 spiro atoms. The van der Waals surface area contributed by atoms with Crippen molar-refractivity contribution in [3.8, 4) is 5.75 Å². The summed E-state index contributed by atoms with van der Waals surface area (Å²) in [6.07, 6.45) is -3.77. The Kier molecular flexibility index (Phi) is 8.64. The van der Waals surface area contributed by atoms with Crippen LogP contribution < -0.4 is 10.5 Å². The number of rotatable bonds is 7. The van der Waals surface area contributed by atoms with Crippen molar-refractivity contribution in [3.63, 3.8) is 0 Å². The van der Waals surface area contributed by atoms with Gasteiger partial charge in [-0.3, -0.25) is 9.69 Å². The van der Waals surface area contributed by atoms with Crippen LogP contribution in [0.4, 0.5) is 23.7 Å². The highest BCUT2D eigenvalue weighted by atomic mass is 79.9. The van der Waals surface area contributed by atoms with Crippen molar-refractivity contribution in [2.24, 2.45) is 0 Å². The van der Waals surface area contributed by atoms with E-state index in [4.69, 9.17) is 26.8 Å². The number of ketones is 1. The summed E-state index contributed by atoms with van der Waals surface area (Å²) in [6, 6.07) is 4.65. The largest absolute Gasteiger partial charge is 0.495 e. The van der Waals surface area contributed by atoms with Gasteiger partial charge in [-0.1, -0.05) is 11.6 Å². The molecule has 0 radical (unpaired) electrons. The van der Waals surface area contributed by atoms with Gasteiger partial charge in [0, 0.05) is 16.8 Å². The molecule has 1 amide bonds. The zero-order valence-electron chi connectivity index (χ0n) is 18.3. The van der Waals surface area contributed by atoms with Crippen LogP contribution in [0.1, 0.15) is 42.3 Å². The lowest BCUT2D eigenvalue weighted by Gasteiger charge is -2.28. The van der Waals surface area contributed by atoms with Crippen LogP contribution in [0.2, 0.25) is 5.02 Å². The predicted molar refractivity (Wildman–Crippen MR) is 123 cm³/mol. The number of benzene rings is 2. The first-order valence-corrected chi connectivity index (χ1v) is 10.8. The minimum Gasteiger partial charge on any atom is -0.495 e. The third-order valence-electron chi connectivity index (χ3n) is 4.30. The average Bonchev–Trinajstić information content (AvgIpc) is 2.67. The second-order valence-electron chi connectivity index (χ2n) is 8.05. The highest BCUT2D eigenvalue weighted by Gasteiger charge is 2.29. The molecule has 0 bridgehead atoms. The third-order valence-corrected chi connectivity index (χ3v) is 5.39. The van der Waals surface area contributed by atoms with Gasteiger partial charge in [0.2, 0.25) is 0 Å². The number of anilines is 1. The van der Waals surface area contributed by atoms with Gasteiger partial charge in [-0.05, 0) is 61.0 Å². The molecule has 0 aliphatic heterocycles. The third kappa shape index (κ3) is 6.77. The van der Waals surface area contributed by atoms with Crippen molar-refractivity contribution in [1.29, 1.82) is 0 Å². The first-order chi connectivity index (χ1) is 15.2. The van der Waals surface area contributed by atoms with Crippen molar-refractivity contribution in [3.05, 3.63) is 56.3 Å². The number of nitrogens with two attached hydrogens (primary N) is 1. The number of halogens is 5. The van der Waals surface area contributed by atoms with Crippen LogP contribution in [0.5, 0.6) is 5.75 Å². The molecule has 0 aliphatic carbocycles. The van der Waals surface area contributed by atoms with E-state index in [2.05, 4.69) is 15.9 Å². The molecule has 33 heavy (non-hydrogen) atoms. The zero-order chi connectivity index (χ0) is 25.1. The van der Waals surface area contributed by atoms with Gasteiger partial charge >= 0.3 is 6.09 Å². The summed E-state index contributed by atoms with van der Waals surface area (Å²) in [7, 11) is 1.30. The van der Waals surface area contributed by atoms with Gasteiger partial charge in [0.05, 0.1) is 35.3 Å². The molecule has 0 unspecified atom stereocenters. The number of hydrogen-bond acceptors (Lipinski definition) is 5. The molecule has 180 valence electrons. The summed E-state index contributed by atoms with van der Waals surface area (Å²) >= 11 is 9.32. The molecule has 0 atom stereocenters. The fourth-order valence-corrected chi connectivity index (χ4v) is 4.01. The molecular weight excluding hydrogens is 529 g/mol. The number of nitrogens with zero attached hydrogens (tertiary/aromatic N) is 1. The summed E-state index contributed by atoms with van der Waals surface area (Å²) < 4.78 is 50.7. The van der Waals surface area contributed by atoms with Gasteiger partial charge in [0.1, 0.15) is 17.2 Å². The number of alkyl halides is 2. The first-order valence-electron chi connectivity index (χ1n) is 9.65. The Morgan fingerprint density at radius 3 is 2.42 bits per heavy atom. The summed E-state index contributed by atoms with van der Waals surface area (Å²) in [6.45, 7) is 3.60. The van der Waals surface area contributed by atoms with Crippen LogP contribution in [0.3, 0.4) is 0 Å². The molecule has 0 saturated heterocycles. The topological polar surface area (TPSA) is 81.9 Å². The van der Waals surface area contributed by atoms with Crippen LogP contribution in [-0.4, -0.2) is 42.5 Å². The normalized spacial score (nSPS) is 11.5. The van der Waals surface area contributed by atoms with Crippen molar-refractivity contribution >= 4 is 45.1 Å². The summed E-state index contributed by atoms with van der Waals surface area (Å²) in [5.41, 5.74) is 5.22. The Hall–Kier alpha value is -2.46. The van der Waals surface area contributed by atoms with Crippen LogP contribution in [-0.2, 0) is 11.3 Å². The molecule has 0 saturated carbocycles. The maximum Gasteiger partial charge on any atom is 0.410 e. The molecule has 0 aromatic heterocycles. The average molecular weight is 552 g/mol. The molecule has 2 rings (SSSR count). The molecular formula is C22H23BrClF3N2O4. The lowest BCUT2D eigenvalue weighted by molar-refractivity contribution is 0.00803. The number of carbonyl (C=O) groups is 2. The van der Waals surface area contributed by atoms with Crippen LogP contribution in [0.15, 0.2) is 28.7 Å². The van der Waals surface area contributed by atoms with E-state index in [0.29, 0.717) is 0 Å². The fraction of sp³-hybridized carbons (Fsp3) is 0.364. The van der Waals surface area contributed by atoms with E-state index in [1.165, 1.54) is 19.2 Å². The predicted octanol–water partition coefficient (Wildman–Crippen LogP) is 6.07.